The van der Waals surface area contributed by atoms with E-state index in [1.54, 1.807) is 0 Å². The summed E-state index contributed by atoms with van der Waals surface area (Å²) in [6.07, 6.45) is 10.4. The Morgan fingerprint density at radius 2 is 2.31 bits per heavy atom. The van der Waals surface area contributed by atoms with Crippen molar-refractivity contribution >= 4 is 0 Å². The number of hydrogen-bond acceptors (Lipinski definition) is 3. The van der Waals surface area contributed by atoms with Crippen LogP contribution in [-0.4, -0.2) is 15.8 Å². The van der Waals surface area contributed by atoms with E-state index in [1.807, 2.05) is 10.9 Å². The Kier molecular flexibility index (Phi) is 3.96. The van der Waals surface area contributed by atoms with E-state index in [1.165, 1.54) is 31.2 Å². The SMILES string of the molecule is CCn1cc(CC(NN)C2CCCC2)cn1. The normalized spacial score (nSPS) is 19.1. The third-order valence-corrected chi connectivity index (χ3v) is 3.65. The molecule has 1 aromatic rings. The van der Waals surface area contributed by atoms with Crippen LogP contribution in [-0.2, 0) is 13.0 Å². The van der Waals surface area contributed by atoms with Crippen LogP contribution in [0.3, 0.4) is 0 Å². The van der Waals surface area contributed by atoms with Gasteiger partial charge in [-0.2, -0.15) is 5.10 Å². The highest BCUT2D eigenvalue weighted by Gasteiger charge is 2.24. The van der Waals surface area contributed by atoms with E-state index in [4.69, 9.17) is 5.84 Å². The third kappa shape index (κ3) is 2.62. The first-order chi connectivity index (χ1) is 7.83. The zero-order valence-corrected chi connectivity index (χ0v) is 10.0. The van der Waals surface area contributed by atoms with E-state index in [-0.39, 0.29) is 0 Å². The molecule has 1 fully saturated rings. The van der Waals surface area contributed by atoms with Crippen molar-refractivity contribution in [3.05, 3.63) is 18.0 Å². The van der Waals surface area contributed by atoms with Crippen molar-refractivity contribution in [1.29, 1.82) is 0 Å². The van der Waals surface area contributed by atoms with E-state index >= 15 is 0 Å². The number of hydrazine groups is 1. The second-order valence-electron chi connectivity index (χ2n) is 4.73. The molecule has 0 saturated heterocycles. The Morgan fingerprint density at radius 1 is 1.56 bits per heavy atom. The predicted molar refractivity (Wildman–Crippen MR) is 64.7 cm³/mol. The number of hydrogen-bond donors (Lipinski definition) is 2. The molecule has 4 heteroatoms. The van der Waals surface area contributed by atoms with E-state index < -0.39 is 0 Å². The van der Waals surface area contributed by atoms with E-state index in [0.29, 0.717) is 6.04 Å². The molecule has 1 aromatic heterocycles. The number of nitrogens with one attached hydrogen (secondary N) is 1. The van der Waals surface area contributed by atoms with Gasteiger partial charge in [0.2, 0.25) is 0 Å². The van der Waals surface area contributed by atoms with Crippen molar-refractivity contribution in [2.24, 2.45) is 11.8 Å². The highest BCUT2D eigenvalue weighted by molar-refractivity contribution is 5.07. The largest absolute Gasteiger partial charge is 0.273 e. The van der Waals surface area contributed by atoms with Gasteiger partial charge in [0.25, 0.3) is 0 Å². The molecule has 90 valence electrons. The average Bonchev–Trinajstić information content (AvgIpc) is 2.96. The summed E-state index contributed by atoms with van der Waals surface area (Å²) in [5.41, 5.74) is 4.27. The molecule has 1 aliphatic rings. The molecule has 0 aromatic carbocycles. The second kappa shape index (κ2) is 5.46. The van der Waals surface area contributed by atoms with Crippen LogP contribution in [0.4, 0.5) is 0 Å². The number of aromatic nitrogens is 2. The summed E-state index contributed by atoms with van der Waals surface area (Å²) in [4.78, 5) is 0. The Hall–Kier alpha value is -0.870. The number of nitrogens with two attached hydrogens (primary N) is 1. The van der Waals surface area contributed by atoms with Crippen LogP contribution in [0.25, 0.3) is 0 Å². The quantitative estimate of drug-likeness (QED) is 0.586. The van der Waals surface area contributed by atoms with Crippen molar-refractivity contribution in [3.63, 3.8) is 0 Å². The summed E-state index contributed by atoms with van der Waals surface area (Å²) in [6, 6.07) is 0.414. The molecule has 4 nitrogen and oxygen atoms in total. The van der Waals surface area contributed by atoms with Crippen LogP contribution in [0.2, 0.25) is 0 Å². The monoisotopic (exact) mass is 222 g/mol. The minimum atomic E-state index is 0.414. The van der Waals surface area contributed by atoms with Crippen molar-refractivity contribution in [1.82, 2.24) is 15.2 Å². The van der Waals surface area contributed by atoms with Gasteiger partial charge in [-0.15, -0.1) is 0 Å². The topological polar surface area (TPSA) is 55.9 Å². The molecule has 0 spiro atoms. The predicted octanol–water partition coefficient (Wildman–Crippen LogP) is 1.47. The minimum Gasteiger partial charge on any atom is -0.273 e. The zero-order valence-electron chi connectivity index (χ0n) is 10.0. The molecule has 1 saturated carbocycles. The summed E-state index contributed by atoms with van der Waals surface area (Å²) in [5.74, 6) is 6.41. The molecule has 0 bridgehead atoms. The molecule has 16 heavy (non-hydrogen) atoms. The highest BCUT2D eigenvalue weighted by atomic mass is 15.3. The lowest BCUT2D eigenvalue weighted by atomic mass is 9.94. The summed E-state index contributed by atoms with van der Waals surface area (Å²) in [6.45, 7) is 3.04. The van der Waals surface area contributed by atoms with Crippen molar-refractivity contribution in [3.8, 4) is 0 Å². The first-order valence-electron chi connectivity index (χ1n) is 6.31. The maximum absolute atomic E-state index is 5.66. The van der Waals surface area contributed by atoms with Crippen LogP contribution in [0.5, 0.6) is 0 Å². The standard InChI is InChI=1S/C12H22N4/c1-2-16-9-10(8-14-16)7-12(15-13)11-5-3-4-6-11/h8-9,11-12,15H,2-7,13H2,1H3. The van der Waals surface area contributed by atoms with Crippen LogP contribution in [0, 0.1) is 5.92 Å². The van der Waals surface area contributed by atoms with Crippen LogP contribution < -0.4 is 11.3 Å². The average molecular weight is 222 g/mol. The molecular weight excluding hydrogens is 200 g/mol. The molecule has 2 rings (SSSR count). The Balaban J connectivity index is 1.94. The fourth-order valence-corrected chi connectivity index (χ4v) is 2.66. The van der Waals surface area contributed by atoms with Gasteiger partial charge in [0, 0.05) is 18.8 Å². The molecule has 0 radical (unpaired) electrons. The summed E-state index contributed by atoms with van der Waals surface area (Å²) in [7, 11) is 0. The number of nitrogens with zero attached hydrogens (tertiary/aromatic N) is 2. The van der Waals surface area contributed by atoms with Gasteiger partial charge >= 0.3 is 0 Å². The highest BCUT2D eigenvalue weighted by Crippen LogP contribution is 2.28. The van der Waals surface area contributed by atoms with Crippen LogP contribution in [0.15, 0.2) is 12.4 Å². The van der Waals surface area contributed by atoms with Gasteiger partial charge in [-0.1, -0.05) is 12.8 Å². The van der Waals surface area contributed by atoms with Crippen LogP contribution in [0.1, 0.15) is 38.2 Å². The fraction of sp³-hybridized carbons (Fsp3) is 0.750. The lowest BCUT2D eigenvalue weighted by molar-refractivity contribution is 0.361. The molecule has 1 heterocycles. The number of aryl methyl sites for hydroxylation is 1. The Bertz CT molecular complexity index is 315. The van der Waals surface area contributed by atoms with Gasteiger partial charge in [0.15, 0.2) is 0 Å². The molecule has 1 atom stereocenters. The maximum Gasteiger partial charge on any atom is 0.0522 e. The summed E-state index contributed by atoms with van der Waals surface area (Å²) >= 11 is 0. The van der Waals surface area contributed by atoms with Crippen LogP contribution >= 0.6 is 0 Å². The van der Waals surface area contributed by atoms with Gasteiger partial charge in [0.05, 0.1) is 6.20 Å². The fourth-order valence-electron chi connectivity index (χ4n) is 2.66. The van der Waals surface area contributed by atoms with Gasteiger partial charge in [-0.25, -0.2) is 0 Å². The van der Waals surface area contributed by atoms with Gasteiger partial charge in [0.1, 0.15) is 0 Å². The lowest BCUT2D eigenvalue weighted by Crippen LogP contribution is -2.41. The van der Waals surface area contributed by atoms with E-state index in [0.717, 1.165) is 18.9 Å². The van der Waals surface area contributed by atoms with Crippen molar-refractivity contribution < 1.29 is 0 Å². The van der Waals surface area contributed by atoms with Crippen molar-refractivity contribution in [2.75, 3.05) is 0 Å². The minimum absolute atomic E-state index is 0.414. The molecule has 1 aliphatic carbocycles. The molecule has 1 unspecified atom stereocenters. The molecule has 3 N–H and O–H groups in total. The second-order valence-corrected chi connectivity index (χ2v) is 4.73. The Morgan fingerprint density at radius 3 is 2.88 bits per heavy atom. The van der Waals surface area contributed by atoms with E-state index in [2.05, 4.69) is 23.6 Å². The lowest BCUT2D eigenvalue weighted by Gasteiger charge is -2.21. The van der Waals surface area contributed by atoms with Gasteiger partial charge in [-0.3, -0.25) is 16.0 Å². The molecular formula is C12H22N4. The summed E-state index contributed by atoms with van der Waals surface area (Å²) < 4.78 is 1.97. The Labute approximate surface area is 97.2 Å². The van der Waals surface area contributed by atoms with Crippen molar-refractivity contribution in [2.45, 2.75) is 51.6 Å². The van der Waals surface area contributed by atoms with E-state index in [9.17, 15) is 0 Å². The maximum atomic E-state index is 5.66. The number of rotatable bonds is 5. The third-order valence-electron chi connectivity index (χ3n) is 3.65. The molecule has 0 aliphatic heterocycles. The van der Waals surface area contributed by atoms with Gasteiger partial charge in [-0.05, 0) is 37.7 Å². The first kappa shape index (κ1) is 11.6. The smallest absolute Gasteiger partial charge is 0.0522 e. The molecule has 0 amide bonds. The van der Waals surface area contributed by atoms with Gasteiger partial charge < -0.3 is 0 Å². The first-order valence-corrected chi connectivity index (χ1v) is 6.31. The summed E-state index contributed by atoms with van der Waals surface area (Å²) in [5, 5.41) is 4.30. The zero-order chi connectivity index (χ0) is 11.4.